The van der Waals surface area contributed by atoms with Gasteiger partial charge in [-0.25, -0.2) is 0 Å². The molecular formula is C17H16N4O2. The van der Waals surface area contributed by atoms with Crippen molar-refractivity contribution in [2.75, 3.05) is 12.4 Å². The molecule has 0 atom stereocenters. The highest BCUT2D eigenvalue weighted by Gasteiger charge is 2.05. The predicted molar refractivity (Wildman–Crippen MR) is 88.4 cm³/mol. The van der Waals surface area contributed by atoms with Gasteiger partial charge in [-0.15, -0.1) is 0 Å². The van der Waals surface area contributed by atoms with E-state index in [-0.39, 0.29) is 5.56 Å². The molecule has 2 N–H and O–H groups in total. The Bertz CT molecular complexity index is 846. The molecule has 23 heavy (non-hydrogen) atoms. The van der Waals surface area contributed by atoms with E-state index in [4.69, 9.17) is 4.74 Å². The number of aromatic nitrogens is 3. The molecule has 0 aliphatic carbocycles. The number of H-pyrrole nitrogens is 1. The first-order chi connectivity index (χ1) is 11.3. The first-order valence-corrected chi connectivity index (χ1v) is 7.14. The van der Waals surface area contributed by atoms with Crippen LogP contribution < -0.4 is 15.6 Å². The van der Waals surface area contributed by atoms with Crippen molar-refractivity contribution in [1.29, 1.82) is 0 Å². The van der Waals surface area contributed by atoms with Crippen LogP contribution in [0.3, 0.4) is 0 Å². The second kappa shape index (κ2) is 6.74. The predicted octanol–water partition coefficient (Wildman–Crippen LogP) is 2.45. The van der Waals surface area contributed by atoms with Gasteiger partial charge in [0, 0.05) is 36.1 Å². The highest BCUT2D eigenvalue weighted by molar-refractivity contribution is 5.59. The van der Waals surface area contributed by atoms with Crippen molar-refractivity contribution >= 4 is 5.95 Å². The fraction of sp³-hybridized carbons (Fsp3) is 0.118. The van der Waals surface area contributed by atoms with Gasteiger partial charge in [-0.3, -0.25) is 9.78 Å². The summed E-state index contributed by atoms with van der Waals surface area (Å²) in [6.45, 7) is 0.493. The molecule has 116 valence electrons. The maximum Gasteiger partial charge on any atom is 0.275 e. The Morgan fingerprint density at radius 1 is 1.17 bits per heavy atom. The SMILES string of the molecule is COc1ccccc1CNc1nc(=O)cc(-c2ccncc2)[nH]1. The average molecular weight is 308 g/mol. The lowest BCUT2D eigenvalue weighted by atomic mass is 10.2. The summed E-state index contributed by atoms with van der Waals surface area (Å²) >= 11 is 0. The molecule has 0 unspecified atom stereocenters. The molecule has 0 amide bonds. The molecule has 0 saturated carbocycles. The molecule has 1 aromatic carbocycles. The van der Waals surface area contributed by atoms with Crippen LogP contribution in [0.15, 0.2) is 59.7 Å². The molecule has 6 nitrogen and oxygen atoms in total. The van der Waals surface area contributed by atoms with Gasteiger partial charge in [0.2, 0.25) is 5.95 Å². The summed E-state index contributed by atoms with van der Waals surface area (Å²) < 4.78 is 5.31. The van der Waals surface area contributed by atoms with Crippen molar-refractivity contribution in [3.05, 3.63) is 70.8 Å². The number of anilines is 1. The number of hydrogen-bond acceptors (Lipinski definition) is 5. The summed E-state index contributed by atoms with van der Waals surface area (Å²) in [7, 11) is 1.63. The topological polar surface area (TPSA) is 79.9 Å². The number of methoxy groups -OCH3 is 1. The van der Waals surface area contributed by atoms with Crippen LogP contribution in [-0.2, 0) is 6.54 Å². The minimum atomic E-state index is -0.307. The molecule has 2 heterocycles. The van der Waals surface area contributed by atoms with Crippen LogP contribution in [0.2, 0.25) is 0 Å². The number of para-hydroxylation sites is 1. The van der Waals surface area contributed by atoms with Crippen LogP contribution in [0.4, 0.5) is 5.95 Å². The Hall–Kier alpha value is -3.15. The standard InChI is InChI=1S/C17H16N4O2/c1-23-15-5-3-2-4-13(15)11-19-17-20-14(10-16(22)21-17)12-6-8-18-9-7-12/h2-10H,11H2,1H3,(H2,19,20,21,22). The van der Waals surface area contributed by atoms with Crippen molar-refractivity contribution in [2.24, 2.45) is 0 Å². The van der Waals surface area contributed by atoms with Crippen LogP contribution in [0.1, 0.15) is 5.56 Å². The van der Waals surface area contributed by atoms with E-state index in [1.54, 1.807) is 19.5 Å². The van der Waals surface area contributed by atoms with Crippen LogP contribution in [-0.4, -0.2) is 22.1 Å². The zero-order valence-electron chi connectivity index (χ0n) is 12.6. The van der Waals surface area contributed by atoms with Gasteiger partial charge < -0.3 is 15.0 Å². The molecule has 3 aromatic rings. The number of hydrogen-bond donors (Lipinski definition) is 2. The second-order valence-corrected chi connectivity index (χ2v) is 4.88. The van der Waals surface area contributed by atoms with Gasteiger partial charge >= 0.3 is 0 Å². The van der Waals surface area contributed by atoms with E-state index in [1.165, 1.54) is 6.07 Å². The van der Waals surface area contributed by atoms with Gasteiger partial charge in [0.1, 0.15) is 5.75 Å². The summed E-state index contributed by atoms with van der Waals surface area (Å²) in [6.07, 6.45) is 3.35. The lowest BCUT2D eigenvalue weighted by molar-refractivity contribution is 0.410. The molecule has 0 aliphatic rings. The largest absolute Gasteiger partial charge is 0.496 e. The summed E-state index contributed by atoms with van der Waals surface area (Å²) in [5, 5.41) is 3.12. The molecule has 0 radical (unpaired) electrons. The molecule has 3 rings (SSSR count). The van der Waals surface area contributed by atoms with Crippen molar-refractivity contribution in [2.45, 2.75) is 6.54 Å². The first kappa shape index (κ1) is 14.8. The quantitative estimate of drug-likeness (QED) is 0.757. The third kappa shape index (κ3) is 3.55. The molecule has 0 saturated heterocycles. The normalized spacial score (nSPS) is 10.3. The molecule has 0 fully saturated rings. The van der Waals surface area contributed by atoms with E-state index in [0.29, 0.717) is 18.2 Å². The minimum Gasteiger partial charge on any atom is -0.496 e. The maximum absolute atomic E-state index is 11.8. The molecule has 2 aromatic heterocycles. The van der Waals surface area contributed by atoms with E-state index in [9.17, 15) is 4.79 Å². The number of nitrogens with one attached hydrogen (secondary N) is 2. The molecule has 6 heteroatoms. The first-order valence-electron chi connectivity index (χ1n) is 7.14. The van der Waals surface area contributed by atoms with Gasteiger partial charge in [0.15, 0.2) is 0 Å². The molecule has 0 bridgehead atoms. The third-order valence-electron chi connectivity index (χ3n) is 3.37. The monoisotopic (exact) mass is 308 g/mol. The summed E-state index contributed by atoms with van der Waals surface area (Å²) in [5.74, 6) is 1.20. The van der Waals surface area contributed by atoms with Gasteiger partial charge in [0.05, 0.1) is 12.8 Å². The zero-order chi connectivity index (χ0) is 16.1. The lowest BCUT2D eigenvalue weighted by Crippen LogP contribution is -2.13. The van der Waals surface area contributed by atoms with Gasteiger partial charge in [-0.05, 0) is 18.2 Å². The highest BCUT2D eigenvalue weighted by atomic mass is 16.5. The van der Waals surface area contributed by atoms with E-state index < -0.39 is 0 Å². The van der Waals surface area contributed by atoms with Gasteiger partial charge in [0.25, 0.3) is 5.56 Å². The number of aromatic amines is 1. The zero-order valence-corrected chi connectivity index (χ0v) is 12.6. The Morgan fingerprint density at radius 2 is 1.96 bits per heavy atom. The smallest absolute Gasteiger partial charge is 0.275 e. The molecular weight excluding hydrogens is 292 g/mol. The van der Waals surface area contributed by atoms with Gasteiger partial charge in [-0.2, -0.15) is 4.98 Å². The summed E-state index contributed by atoms with van der Waals surface area (Å²) in [5.41, 5.74) is 2.24. The fourth-order valence-corrected chi connectivity index (χ4v) is 2.26. The Balaban J connectivity index is 1.84. The average Bonchev–Trinajstić information content (AvgIpc) is 2.60. The Morgan fingerprint density at radius 3 is 2.74 bits per heavy atom. The van der Waals surface area contributed by atoms with E-state index in [2.05, 4.69) is 20.3 Å². The van der Waals surface area contributed by atoms with Crippen molar-refractivity contribution in [1.82, 2.24) is 15.0 Å². The number of ether oxygens (including phenoxy) is 1. The van der Waals surface area contributed by atoms with Gasteiger partial charge in [-0.1, -0.05) is 18.2 Å². The van der Waals surface area contributed by atoms with Crippen LogP contribution >= 0.6 is 0 Å². The van der Waals surface area contributed by atoms with E-state index in [0.717, 1.165) is 16.9 Å². The summed E-state index contributed by atoms with van der Waals surface area (Å²) in [6, 6.07) is 12.8. The van der Waals surface area contributed by atoms with E-state index in [1.807, 2.05) is 36.4 Å². The van der Waals surface area contributed by atoms with E-state index >= 15 is 0 Å². The fourth-order valence-electron chi connectivity index (χ4n) is 2.26. The third-order valence-corrected chi connectivity index (χ3v) is 3.37. The number of benzene rings is 1. The number of nitrogens with zero attached hydrogens (tertiary/aromatic N) is 2. The Kier molecular flexibility index (Phi) is 4.33. The lowest BCUT2D eigenvalue weighted by Gasteiger charge is -2.10. The van der Waals surface area contributed by atoms with Crippen molar-refractivity contribution in [3.8, 4) is 17.0 Å². The Labute approximate surface area is 133 Å². The van der Waals surface area contributed by atoms with Crippen LogP contribution in [0.5, 0.6) is 5.75 Å². The molecule has 0 spiro atoms. The molecule has 0 aliphatic heterocycles. The van der Waals surface area contributed by atoms with Crippen molar-refractivity contribution < 1.29 is 4.74 Å². The number of rotatable bonds is 5. The maximum atomic E-state index is 11.8. The van der Waals surface area contributed by atoms with Crippen LogP contribution in [0, 0.1) is 0 Å². The summed E-state index contributed by atoms with van der Waals surface area (Å²) in [4.78, 5) is 22.9. The number of pyridine rings is 1. The minimum absolute atomic E-state index is 0.307. The highest BCUT2D eigenvalue weighted by Crippen LogP contribution is 2.19. The van der Waals surface area contributed by atoms with Crippen molar-refractivity contribution in [3.63, 3.8) is 0 Å². The van der Waals surface area contributed by atoms with Crippen LogP contribution in [0.25, 0.3) is 11.3 Å². The second-order valence-electron chi connectivity index (χ2n) is 4.88.